The SMILES string of the molecule is Cc1cc2occ(CC(=O)NCC(=O)O)c2cc1C(C)C. The minimum absolute atomic E-state index is 0.112. The monoisotopic (exact) mass is 289 g/mol. The van der Waals surface area contributed by atoms with Gasteiger partial charge in [-0.25, -0.2) is 0 Å². The fourth-order valence-corrected chi connectivity index (χ4v) is 2.41. The molecule has 2 aromatic rings. The molecule has 0 radical (unpaired) electrons. The van der Waals surface area contributed by atoms with Crippen LogP contribution in [0, 0.1) is 6.92 Å². The van der Waals surface area contributed by atoms with Gasteiger partial charge in [-0.15, -0.1) is 0 Å². The molecule has 1 aromatic carbocycles. The van der Waals surface area contributed by atoms with Gasteiger partial charge in [-0.05, 0) is 36.1 Å². The average Bonchev–Trinajstić information content (AvgIpc) is 2.77. The molecule has 0 bridgehead atoms. The highest BCUT2D eigenvalue weighted by atomic mass is 16.4. The smallest absolute Gasteiger partial charge is 0.322 e. The van der Waals surface area contributed by atoms with Gasteiger partial charge in [0.15, 0.2) is 0 Å². The van der Waals surface area contributed by atoms with Gasteiger partial charge in [-0.2, -0.15) is 0 Å². The van der Waals surface area contributed by atoms with E-state index in [1.807, 2.05) is 13.0 Å². The van der Waals surface area contributed by atoms with Gasteiger partial charge in [0.2, 0.25) is 5.91 Å². The van der Waals surface area contributed by atoms with E-state index in [0.29, 0.717) is 5.92 Å². The predicted octanol–water partition coefficient (Wildman–Crippen LogP) is 2.61. The molecule has 2 N–H and O–H groups in total. The maximum absolute atomic E-state index is 11.7. The Labute approximate surface area is 122 Å². The Morgan fingerprint density at radius 3 is 2.67 bits per heavy atom. The molecule has 112 valence electrons. The first kappa shape index (κ1) is 15.1. The maximum atomic E-state index is 11.7. The summed E-state index contributed by atoms with van der Waals surface area (Å²) in [7, 11) is 0. The average molecular weight is 289 g/mol. The number of benzene rings is 1. The molecule has 2 rings (SSSR count). The highest BCUT2D eigenvalue weighted by Crippen LogP contribution is 2.29. The standard InChI is InChI=1S/C16H19NO4/c1-9(2)12-6-13-11(5-15(18)17-7-16(19)20)8-21-14(13)4-10(12)3/h4,6,8-9H,5,7H2,1-3H3,(H,17,18)(H,19,20). The number of aliphatic carboxylic acids is 1. The van der Waals surface area contributed by atoms with Gasteiger partial charge in [0.25, 0.3) is 0 Å². The van der Waals surface area contributed by atoms with Crippen molar-refractivity contribution in [1.82, 2.24) is 5.32 Å². The number of rotatable bonds is 5. The van der Waals surface area contributed by atoms with Crippen molar-refractivity contribution in [2.75, 3.05) is 6.54 Å². The fraction of sp³-hybridized carbons (Fsp3) is 0.375. The van der Waals surface area contributed by atoms with Crippen LogP contribution >= 0.6 is 0 Å². The number of fused-ring (bicyclic) bond motifs is 1. The quantitative estimate of drug-likeness (QED) is 0.886. The molecule has 0 aliphatic rings. The van der Waals surface area contributed by atoms with Crippen LogP contribution in [-0.2, 0) is 16.0 Å². The zero-order valence-electron chi connectivity index (χ0n) is 12.4. The van der Waals surface area contributed by atoms with Crippen molar-refractivity contribution in [2.45, 2.75) is 33.1 Å². The summed E-state index contributed by atoms with van der Waals surface area (Å²) in [6, 6.07) is 4.03. The van der Waals surface area contributed by atoms with Crippen LogP contribution in [-0.4, -0.2) is 23.5 Å². The lowest BCUT2D eigenvalue weighted by Crippen LogP contribution is -2.30. The van der Waals surface area contributed by atoms with Crippen LogP contribution in [0.3, 0.4) is 0 Å². The number of carboxylic acids is 1. The normalized spacial score (nSPS) is 11.0. The highest BCUT2D eigenvalue weighted by molar-refractivity contribution is 5.89. The zero-order valence-corrected chi connectivity index (χ0v) is 12.4. The number of nitrogens with one attached hydrogen (secondary N) is 1. The molecule has 0 saturated heterocycles. The molecule has 1 amide bonds. The van der Waals surface area contributed by atoms with E-state index in [9.17, 15) is 9.59 Å². The molecule has 0 aliphatic carbocycles. The number of carbonyl (C=O) groups excluding carboxylic acids is 1. The molecule has 5 heteroatoms. The number of carbonyl (C=O) groups is 2. The van der Waals surface area contributed by atoms with Gasteiger partial charge >= 0.3 is 5.97 Å². The summed E-state index contributed by atoms with van der Waals surface area (Å²) in [4.78, 5) is 22.2. The largest absolute Gasteiger partial charge is 0.480 e. The van der Waals surface area contributed by atoms with Gasteiger partial charge < -0.3 is 14.8 Å². The molecular formula is C16H19NO4. The summed E-state index contributed by atoms with van der Waals surface area (Å²) in [5.74, 6) is -0.997. The number of hydrogen-bond acceptors (Lipinski definition) is 3. The molecule has 1 aromatic heterocycles. The summed E-state index contributed by atoms with van der Waals surface area (Å²) in [5.41, 5.74) is 3.90. The Bertz CT molecular complexity index is 685. The topological polar surface area (TPSA) is 79.5 Å². The second kappa shape index (κ2) is 5.99. The lowest BCUT2D eigenvalue weighted by Gasteiger charge is -2.10. The summed E-state index contributed by atoms with van der Waals surface area (Å²) < 4.78 is 5.49. The number of furan rings is 1. The number of aryl methyl sites for hydroxylation is 1. The summed E-state index contributed by atoms with van der Waals surface area (Å²) >= 11 is 0. The molecular weight excluding hydrogens is 270 g/mol. The van der Waals surface area contributed by atoms with Crippen molar-refractivity contribution in [3.05, 3.63) is 35.1 Å². The Morgan fingerprint density at radius 2 is 2.05 bits per heavy atom. The van der Waals surface area contributed by atoms with Crippen LogP contribution in [0.2, 0.25) is 0 Å². The van der Waals surface area contributed by atoms with E-state index >= 15 is 0 Å². The van der Waals surface area contributed by atoms with E-state index in [-0.39, 0.29) is 18.9 Å². The minimum atomic E-state index is -1.06. The van der Waals surface area contributed by atoms with Crippen LogP contribution in [0.1, 0.15) is 36.5 Å². The van der Waals surface area contributed by atoms with Crippen molar-refractivity contribution in [2.24, 2.45) is 0 Å². The van der Waals surface area contributed by atoms with Gasteiger partial charge in [-0.1, -0.05) is 13.8 Å². The molecule has 0 unspecified atom stereocenters. The Kier molecular flexibility index (Phi) is 4.31. The van der Waals surface area contributed by atoms with Gasteiger partial charge in [0.05, 0.1) is 12.7 Å². The molecule has 0 fully saturated rings. The van der Waals surface area contributed by atoms with E-state index in [4.69, 9.17) is 9.52 Å². The molecule has 5 nitrogen and oxygen atoms in total. The second-order valence-corrected chi connectivity index (χ2v) is 5.47. The van der Waals surface area contributed by atoms with E-state index in [0.717, 1.165) is 22.1 Å². The lowest BCUT2D eigenvalue weighted by molar-refractivity contribution is -0.137. The van der Waals surface area contributed by atoms with Crippen LogP contribution in [0.15, 0.2) is 22.8 Å². The van der Waals surface area contributed by atoms with Crippen LogP contribution in [0.25, 0.3) is 11.0 Å². The predicted molar refractivity (Wildman–Crippen MR) is 79.4 cm³/mol. The minimum Gasteiger partial charge on any atom is -0.480 e. The highest BCUT2D eigenvalue weighted by Gasteiger charge is 2.14. The third-order valence-corrected chi connectivity index (χ3v) is 3.45. The van der Waals surface area contributed by atoms with Crippen molar-refractivity contribution < 1.29 is 19.1 Å². The molecule has 0 saturated carbocycles. The van der Waals surface area contributed by atoms with E-state index in [1.165, 1.54) is 5.56 Å². The van der Waals surface area contributed by atoms with Crippen LogP contribution < -0.4 is 5.32 Å². The number of hydrogen-bond donors (Lipinski definition) is 2. The van der Waals surface area contributed by atoms with E-state index in [2.05, 4.69) is 25.2 Å². The molecule has 21 heavy (non-hydrogen) atoms. The molecule has 1 heterocycles. The third-order valence-electron chi connectivity index (χ3n) is 3.45. The van der Waals surface area contributed by atoms with Gasteiger partial charge in [0.1, 0.15) is 12.1 Å². The zero-order chi connectivity index (χ0) is 15.6. The van der Waals surface area contributed by atoms with Crippen molar-refractivity contribution in [3.63, 3.8) is 0 Å². The first-order chi connectivity index (χ1) is 9.88. The van der Waals surface area contributed by atoms with Gasteiger partial charge in [0, 0.05) is 10.9 Å². The summed E-state index contributed by atoms with van der Waals surface area (Å²) in [6.45, 7) is 5.91. The van der Waals surface area contributed by atoms with Crippen LogP contribution in [0.5, 0.6) is 0 Å². The molecule has 0 spiro atoms. The van der Waals surface area contributed by atoms with E-state index < -0.39 is 5.97 Å². The lowest BCUT2D eigenvalue weighted by atomic mass is 9.95. The molecule has 0 atom stereocenters. The molecule has 0 aliphatic heterocycles. The van der Waals surface area contributed by atoms with Crippen molar-refractivity contribution >= 4 is 22.8 Å². The first-order valence-electron chi connectivity index (χ1n) is 6.87. The van der Waals surface area contributed by atoms with Gasteiger partial charge in [-0.3, -0.25) is 9.59 Å². The van der Waals surface area contributed by atoms with Crippen molar-refractivity contribution in [1.29, 1.82) is 0 Å². The fourth-order valence-electron chi connectivity index (χ4n) is 2.41. The van der Waals surface area contributed by atoms with E-state index in [1.54, 1.807) is 6.26 Å². The summed E-state index contributed by atoms with van der Waals surface area (Å²) in [5, 5.41) is 11.8. The Morgan fingerprint density at radius 1 is 1.33 bits per heavy atom. The van der Waals surface area contributed by atoms with Crippen LogP contribution in [0.4, 0.5) is 0 Å². The van der Waals surface area contributed by atoms with Crippen molar-refractivity contribution in [3.8, 4) is 0 Å². The second-order valence-electron chi connectivity index (χ2n) is 5.47. The summed E-state index contributed by atoms with van der Waals surface area (Å²) in [6.07, 6.45) is 1.68. The first-order valence-corrected chi connectivity index (χ1v) is 6.87. The Hall–Kier alpha value is -2.30. The Balaban J connectivity index is 2.26. The number of carboxylic acid groups (broad SMARTS) is 1. The maximum Gasteiger partial charge on any atom is 0.322 e. The number of amides is 1. The third kappa shape index (κ3) is 3.42.